The van der Waals surface area contributed by atoms with Gasteiger partial charge in [0.15, 0.2) is 0 Å². The summed E-state index contributed by atoms with van der Waals surface area (Å²) in [5.74, 6) is 3.87. The quantitative estimate of drug-likeness (QED) is 0.200. The molecule has 0 aliphatic rings. The van der Waals surface area contributed by atoms with Crippen LogP contribution in [0.15, 0.2) is 0 Å². The van der Waals surface area contributed by atoms with E-state index in [9.17, 15) is 14.4 Å². The number of hydrogen-bond acceptors (Lipinski definition) is 4. The molecule has 0 saturated heterocycles. The highest BCUT2D eigenvalue weighted by Gasteiger charge is 2.24. The summed E-state index contributed by atoms with van der Waals surface area (Å²) in [6.07, 6.45) is 4.47. The predicted molar refractivity (Wildman–Crippen MR) is 80.9 cm³/mol. The first kappa shape index (κ1) is 19.4. The zero-order chi connectivity index (χ0) is 16.3. The highest BCUT2D eigenvalue weighted by atomic mass is 16.2. The van der Waals surface area contributed by atoms with Crippen LogP contribution in [0.5, 0.6) is 0 Å². The van der Waals surface area contributed by atoms with Crippen molar-refractivity contribution in [2.75, 3.05) is 6.54 Å². The maximum atomic E-state index is 12.0. The molecular weight excluding hydrogens is 272 g/mol. The van der Waals surface area contributed by atoms with Crippen molar-refractivity contribution >= 4 is 17.7 Å². The molecule has 0 aromatic carbocycles. The lowest BCUT2D eigenvalue weighted by Crippen LogP contribution is -2.51. The maximum absolute atomic E-state index is 12.0. The fourth-order valence-electron chi connectivity index (χ4n) is 1.82. The lowest BCUT2D eigenvalue weighted by Gasteiger charge is -2.21. The first-order valence-corrected chi connectivity index (χ1v) is 7.48. The zero-order valence-electron chi connectivity index (χ0n) is 13.2. The van der Waals surface area contributed by atoms with E-state index >= 15 is 0 Å². The van der Waals surface area contributed by atoms with Crippen molar-refractivity contribution in [2.45, 2.75) is 58.9 Å². The molecule has 122 valence electrons. The molecule has 7 heteroatoms. The van der Waals surface area contributed by atoms with Crippen LogP contribution in [0.3, 0.4) is 0 Å². The van der Waals surface area contributed by atoms with E-state index in [1.165, 1.54) is 0 Å². The Bertz CT molecular complexity index is 345. The van der Waals surface area contributed by atoms with Crippen molar-refractivity contribution in [3.05, 3.63) is 0 Å². The molecule has 0 saturated carbocycles. The summed E-state index contributed by atoms with van der Waals surface area (Å²) in [4.78, 5) is 34.8. The summed E-state index contributed by atoms with van der Waals surface area (Å²) in [6, 6.07) is -0.644. The molecule has 0 fully saturated rings. The van der Waals surface area contributed by atoms with Crippen LogP contribution in [0.25, 0.3) is 0 Å². The highest BCUT2D eigenvalue weighted by molar-refractivity contribution is 5.90. The number of unbranched alkanes of at least 4 members (excludes halogenated alkanes) is 3. The Balaban J connectivity index is 4.25. The van der Waals surface area contributed by atoms with E-state index in [0.29, 0.717) is 6.42 Å². The van der Waals surface area contributed by atoms with Crippen molar-refractivity contribution < 1.29 is 14.4 Å². The maximum Gasteiger partial charge on any atom is 0.253 e. The van der Waals surface area contributed by atoms with Crippen LogP contribution < -0.4 is 21.9 Å². The van der Waals surface area contributed by atoms with Gasteiger partial charge >= 0.3 is 0 Å². The summed E-state index contributed by atoms with van der Waals surface area (Å²) in [6.45, 7) is 5.58. The highest BCUT2D eigenvalue weighted by Crippen LogP contribution is 2.05. The first-order chi connectivity index (χ1) is 9.92. The molecule has 0 aliphatic carbocycles. The van der Waals surface area contributed by atoms with Crippen molar-refractivity contribution in [3.63, 3.8) is 0 Å². The van der Waals surface area contributed by atoms with Crippen molar-refractivity contribution in [3.8, 4) is 0 Å². The van der Waals surface area contributed by atoms with Gasteiger partial charge in [0.05, 0.1) is 6.54 Å². The average molecular weight is 300 g/mol. The van der Waals surface area contributed by atoms with Gasteiger partial charge in [0.1, 0.15) is 6.04 Å². The predicted octanol–water partition coefficient (Wildman–Crippen LogP) is 0.204. The Morgan fingerprint density at radius 2 is 1.71 bits per heavy atom. The summed E-state index contributed by atoms with van der Waals surface area (Å²) in [5, 5.41) is 5.17. The van der Waals surface area contributed by atoms with E-state index in [1.807, 2.05) is 19.3 Å². The third-order valence-corrected chi connectivity index (χ3v) is 3.11. The third kappa shape index (κ3) is 9.01. The molecule has 1 unspecified atom stereocenters. The van der Waals surface area contributed by atoms with Crippen LogP contribution in [0.2, 0.25) is 0 Å². The summed E-state index contributed by atoms with van der Waals surface area (Å²) in [5.41, 5.74) is 1.93. The molecule has 0 spiro atoms. The number of carbonyl (C=O) groups excluding carboxylic acids is 3. The Labute approximate surface area is 126 Å². The van der Waals surface area contributed by atoms with E-state index < -0.39 is 11.9 Å². The zero-order valence-corrected chi connectivity index (χ0v) is 13.2. The SMILES string of the molecule is CCCCCCC(=O)NC(C(=O)NCC(=O)NN)C(C)C. The van der Waals surface area contributed by atoms with E-state index in [0.717, 1.165) is 25.7 Å². The van der Waals surface area contributed by atoms with E-state index in [4.69, 9.17) is 5.84 Å². The van der Waals surface area contributed by atoms with Crippen molar-refractivity contribution in [2.24, 2.45) is 11.8 Å². The third-order valence-electron chi connectivity index (χ3n) is 3.11. The Hall–Kier alpha value is -1.63. The van der Waals surface area contributed by atoms with Crippen LogP contribution >= 0.6 is 0 Å². The topological polar surface area (TPSA) is 113 Å². The van der Waals surface area contributed by atoms with E-state index in [-0.39, 0.29) is 24.3 Å². The molecule has 0 aromatic heterocycles. The lowest BCUT2D eigenvalue weighted by atomic mass is 10.0. The monoisotopic (exact) mass is 300 g/mol. The molecule has 0 aliphatic heterocycles. The van der Waals surface area contributed by atoms with Crippen LogP contribution in [0, 0.1) is 5.92 Å². The van der Waals surface area contributed by atoms with Crippen LogP contribution in [0.4, 0.5) is 0 Å². The smallest absolute Gasteiger partial charge is 0.253 e. The second-order valence-corrected chi connectivity index (χ2v) is 5.39. The number of amides is 3. The van der Waals surface area contributed by atoms with Gasteiger partial charge in [-0.05, 0) is 12.3 Å². The number of rotatable bonds is 10. The summed E-state index contributed by atoms with van der Waals surface area (Å²) < 4.78 is 0. The molecule has 3 amide bonds. The number of nitrogens with one attached hydrogen (secondary N) is 3. The fraction of sp³-hybridized carbons (Fsp3) is 0.786. The molecular formula is C14H28N4O3. The largest absolute Gasteiger partial charge is 0.345 e. The standard InChI is InChI=1S/C14H28N4O3/c1-4-5-6-7-8-11(19)17-13(10(2)3)14(21)16-9-12(20)18-15/h10,13H,4-9,15H2,1-3H3,(H,16,21)(H,17,19)(H,18,20). The van der Waals surface area contributed by atoms with Crippen LogP contribution in [-0.4, -0.2) is 30.3 Å². The number of carbonyl (C=O) groups is 3. The Kier molecular flexibility index (Phi) is 10.2. The molecule has 0 radical (unpaired) electrons. The van der Waals surface area contributed by atoms with Gasteiger partial charge in [-0.3, -0.25) is 19.8 Å². The molecule has 0 rings (SSSR count). The average Bonchev–Trinajstić information content (AvgIpc) is 2.46. The minimum absolute atomic E-state index is 0.0643. The Morgan fingerprint density at radius 1 is 1.05 bits per heavy atom. The molecule has 1 atom stereocenters. The minimum atomic E-state index is -0.644. The lowest BCUT2D eigenvalue weighted by molar-refractivity contribution is -0.131. The van der Waals surface area contributed by atoms with Gasteiger partial charge in [-0.2, -0.15) is 0 Å². The Morgan fingerprint density at radius 3 is 2.24 bits per heavy atom. The minimum Gasteiger partial charge on any atom is -0.345 e. The molecule has 0 bridgehead atoms. The van der Waals surface area contributed by atoms with Gasteiger partial charge in [-0.1, -0.05) is 40.0 Å². The van der Waals surface area contributed by atoms with Crippen molar-refractivity contribution in [1.29, 1.82) is 0 Å². The van der Waals surface area contributed by atoms with Gasteiger partial charge in [0.2, 0.25) is 11.8 Å². The molecule has 21 heavy (non-hydrogen) atoms. The van der Waals surface area contributed by atoms with Gasteiger partial charge in [-0.15, -0.1) is 0 Å². The molecule has 0 heterocycles. The number of hydrogen-bond donors (Lipinski definition) is 4. The molecule has 0 aromatic rings. The van der Waals surface area contributed by atoms with Gasteiger partial charge in [-0.25, -0.2) is 5.84 Å². The second-order valence-electron chi connectivity index (χ2n) is 5.39. The van der Waals surface area contributed by atoms with Gasteiger partial charge in [0.25, 0.3) is 5.91 Å². The van der Waals surface area contributed by atoms with Gasteiger partial charge in [0, 0.05) is 6.42 Å². The second kappa shape index (κ2) is 11.1. The van der Waals surface area contributed by atoms with Crippen LogP contribution in [-0.2, 0) is 14.4 Å². The van der Waals surface area contributed by atoms with Crippen LogP contribution in [0.1, 0.15) is 52.9 Å². The summed E-state index contributed by atoms with van der Waals surface area (Å²) >= 11 is 0. The first-order valence-electron chi connectivity index (χ1n) is 7.48. The number of nitrogens with two attached hydrogens (primary N) is 1. The molecule has 7 nitrogen and oxygen atoms in total. The summed E-state index contributed by atoms with van der Waals surface area (Å²) in [7, 11) is 0. The molecule has 5 N–H and O–H groups in total. The van der Waals surface area contributed by atoms with E-state index in [2.05, 4.69) is 17.6 Å². The number of hydrazine groups is 1. The normalized spacial score (nSPS) is 11.9. The van der Waals surface area contributed by atoms with E-state index in [1.54, 1.807) is 0 Å². The fourth-order valence-corrected chi connectivity index (χ4v) is 1.82. The van der Waals surface area contributed by atoms with Crippen molar-refractivity contribution in [1.82, 2.24) is 16.1 Å². The van der Waals surface area contributed by atoms with Gasteiger partial charge < -0.3 is 10.6 Å².